The first-order valence-electron chi connectivity index (χ1n) is 8.16. The van der Waals surface area contributed by atoms with Gasteiger partial charge in [-0.25, -0.2) is 4.79 Å². The van der Waals surface area contributed by atoms with Crippen molar-refractivity contribution in [3.63, 3.8) is 0 Å². The van der Waals surface area contributed by atoms with E-state index in [-0.39, 0.29) is 31.3 Å². The van der Waals surface area contributed by atoms with E-state index in [9.17, 15) is 19.2 Å². The summed E-state index contributed by atoms with van der Waals surface area (Å²) in [6.07, 6.45) is 4.74. The highest BCUT2D eigenvalue weighted by Crippen LogP contribution is 2.14. The van der Waals surface area contributed by atoms with Gasteiger partial charge in [0.2, 0.25) is 0 Å². The predicted octanol–water partition coefficient (Wildman–Crippen LogP) is 2.28. The highest BCUT2D eigenvalue weighted by Gasteiger charge is 2.32. The standard InChI is InChI=1S/C16H25NO6/c1-12(2)22-15(20)8-6-4-3-5-7-9-16(21)23-17-13(18)10-11-14(17)19/h12H,3-11H2,1-2H3. The van der Waals surface area contributed by atoms with Gasteiger partial charge >= 0.3 is 11.9 Å². The molecule has 0 atom stereocenters. The Bertz CT molecular complexity index is 430. The van der Waals surface area contributed by atoms with Crippen LogP contribution in [-0.2, 0) is 28.8 Å². The van der Waals surface area contributed by atoms with E-state index in [1.54, 1.807) is 0 Å². The number of hydroxylamine groups is 2. The zero-order valence-corrected chi connectivity index (χ0v) is 13.8. The van der Waals surface area contributed by atoms with Crippen molar-refractivity contribution in [1.82, 2.24) is 5.06 Å². The number of hydrogen-bond acceptors (Lipinski definition) is 6. The van der Waals surface area contributed by atoms with Crippen LogP contribution in [0.3, 0.4) is 0 Å². The van der Waals surface area contributed by atoms with Gasteiger partial charge in [-0.2, -0.15) is 0 Å². The Hall–Kier alpha value is -1.92. The van der Waals surface area contributed by atoms with Gasteiger partial charge in [0.1, 0.15) is 0 Å². The normalized spacial score (nSPS) is 14.5. The van der Waals surface area contributed by atoms with Crippen molar-refractivity contribution in [1.29, 1.82) is 0 Å². The van der Waals surface area contributed by atoms with Gasteiger partial charge in [0.05, 0.1) is 6.10 Å². The average molecular weight is 327 g/mol. The van der Waals surface area contributed by atoms with Crippen LogP contribution in [0, 0.1) is 0 Å². The molecule has 0 aliphatic carbocycles. The summed E-state index contributed by atoms with van der Waals surface area (Å²) in [4.78, 5) is 50.2. The minimum atomic E-state index is -0.561. The van der Waals surface area contributed by atoms with Gasteiger partial charge in [0.25, 0.3) is 11.8 Å². The molecule has 0 spiro atoms. The number of hydrogen-bond donors (Lipinski definition) is 0. The lowest BCUT2D eigenvalue weighted by Crippen LogP contribution is -2.31. The Morgan fingerprint density at radius 1 is 0.913 bits per heavy atom. The van der Waals surface area contributed by atoms with E-state index in [0.717, 1.165) is 25.7 Å². The van der Waals surface area contributed by atoms with E-state index in [0.29, 0.717) is 17.9 Å². The highest BCUT2D eigenvalue weighted by molar-refractivity contribution is 6.01. The molecule has 0 aromatic carbocycles. The fraction of sp³-hybridized carbons (Fsp3) is 0.750. The molecular weight excluding hydrogens is 302 g/mol. The summed E-state index contributed by atoms with van der Waals surface area (Å²) in [7, 11) is 0. The first kappa shape index (κ1) is 19.1. The fourth-order valence-electron chi connectivity index (χ4n) is 2.20. The van der Waals surface area contributed by atoms with Crippen LogP contribution in [0.4, 0.5) is 0 Å². The number of carbonyl (C=O) groups excluding carboxylic acids is 4. The number of unbranched alkanes of at least 4 members (excludes halogenated alkanes) is 4. The van der Waals surface area contributed by atoms with Crippen LogP contribution in [0.1, 0.15) is 71.6 Å². The van der Waals surface area contributed by atoms with Gasteiger partial charge in [-0.3, -0.25) is 14.4 Å². The Kier molecular flexibility index (Phi) is 8.29. The summed E-state index contributed by atoms with van der Waals surface area (Å²) < 4.78 is 5.03. The maximum absolute atomic E-state index is 11.5. The monoisotopic (exact) mass is 327 g/mol. The second kappa shape index (κ2) is 9.97. The Morgan fingerprint density at radius 2 is 1.39 bits per heavy atom. The molecule has 1 heterocycles. The lowest BCUT2D eigenvalue weighted by Gasteiger charge is -2.12. The minimum absolute atomic E-state index is 0.0807. The molecule has 1 aliphatic rings. The molecular formula is C16H25NO6. The molecule has 0 radical (unpaired) electrons. The van der Waals surface area contributed by atoms with E-state index < -0.39 is 17.8 Å². The summed E-state index contributed by atoms with van der Waals surface area (Å²) in [6, 6.07) is 0. The molecule has 130 valence electrons. The summed E-state index contributed by atoms with van der Waals surface area (Å²) in [5.41, 5.74) is 0. The average Bonchev–Trinajstić information content (AvgIpc) is 2.77. The third-order valence-electron chi connectivity index (χ3n) is 3.33. The number of imide groups is 1. The van der Waals surface area contributed by atoms with Gasteiger partial charge in [-0.1, -0.05) is 19.3 Å². The molecule has 7 nitrogen and oxygen atoms in total. The van der Waals surface area contributed by atoms with Crippen molar-refractivity contribution in [3.8, 4) is 0 Å². The second-order valence-corrected chi connectivity index (χ2v) is 5.85. The van der Waals surface area contributed by atoms with E-state index >= 15 is 0 Å². The summed E-state index contributed by atoms with van der Waals surface area (Å²) in [5, 5.41) is 0.572. The van der Waals surface area contributed by atoms with Crippen LogP contribution in [0.2, 0.25) is 0 Å². The Labute approximate surface area is 136 Å². The van der Waals surface area contributed by atoms with Crippen LogP contribution in [-0.4, -0.2) is 34.9 Å². The maximum Gasteiger partial charge on any atom is 0.333 e. The van der Waals surface area contributed by atoms with Gasteiger partial charge in [0, 0.05) is 25.7 Å². The van der Waals surface area contributed by atoms with Gasteiger partial charge < -0.3 is 9.57 Å². The molecule has 1 aliphatic heterocycles. The first-order valence-corrected chi connectivity index (χ1v) is 8.16. The number of esters is 1. The molecule has 2 amide bonds. The minimum Gasteiger partial charge on any atom is -0.463 e. The van der Waals surface area contributed by atoms with Gasteiger partial charge in [0.15, 0.2) is 0 Å². The predicted molar refractivity (Wildman–Crippen MR) is 80.7 cm³/mol. The van der Waals surface area contributed by atoms with Crippen molar-refractivity contribution in [2.75, 3.05) is 0 Å². The molecule has 0 bridgehead atoms. The molecule has 23 heavy (non-hydrogen) atoms. The Balaban J connectivity index is 2.00. The van der Waals surface area contributed by atoms with E-state index in [4.69, 9.17) is 9.57 Å². The van der Waals surface area contributed by atoms with E-state index in [2.05, 4.69) is 0 Å². The van der Waals surface area contributed by atoms with E-state index in [1.807, 2.05) is 13.8 Å². The summed E-state index contributed by atoms with van der Waals surface area (Å²) in [6.45, 7) is 3.64. The van der Waals surface area contributed by atoms with Crippen molar-refractivity contribution in [3.05, 3.63) is 0 Å². The lowest BCUT2D eigenvalue weighted by molar-refractivity contribution is -0.197. The van der Waals surface area contributed by atoms with Crippen LogP contribution in [0.15, 0.2) is 0 Å². The van der Waals surface area contributed by atoms with E-state index in [1.165, 1.54) is 0 Å². The van der Waals surface area contributed by atoms with Crippen LogP contribution >= 0.6 is 0 Å². The van der Waals surface area contributed by atoms with Crippen molar-refractivity contribution in [2.45, 2.75) is 77.7 Å². The van der Waals surface area contributed by atoms with Crippen LogP contribution in [0.5, 0.6) is 0 Å². The van der Waals surface area contributed by atoms with Crippen molar-refractivity contribution in [2.24, 2.45) is 0 Å². The number of amides is 2. The second-order valence-electron chi connectivity index (χ2n) is 5.85. The number of rotatable bonds is 10. The number of nitrogens with zero attached hydrogens (tertiary/aromatic N) is 1. The summed E-state index contributed by atoms with van der Waals surface area (Å²) >= 11 is 0. The Morgan fingerprint density at radius 3 is 1.91 bits per heavy atom. The number of carbonyl (C=O) groups is 4. The summed E-state index contributed by atoms with van der Waals surface area (Å²) in [5.74, 6) is -1.66. The quantitative estimate of drug-likeness (QED) is 0.347. The van der Waals surface area contributed by atoms with Gasteiger partial charge in [-0.15, -0.1) is 5.06 Å². The number of ether oxygens (including phenoxy) is 1. The van der Waals surface area contributed by atoms with Gasteiger partial charge in [-0.05, 0) is 26.7 Å². The largest absolute Gasteiger partial charge is 0.463 e. The fourth-order valence-corrected chi connectivity index (χ4v) is 2.20. The molecule has 1 fully saturated rings. The molecule has 0 aromatic rings. The molecule has 0 N–H and O–H groups in total. The van der Waals surface area contributed by atoms with Crippen LogP contribution < -0.4 is 0 Å². The maximum atomic E-state index is 11.5. The molecule has 0 aromatic heterocycles. The molecule has 0 saturated carbocycles. The third kappa shape index (κ3) is 7.76. The van der Waals surface area contributed by atoms with Crippen LogP contribution in [0.25, 0.3) is 0 Å². The SMILES string of the molecule is CC(C)OC(=O)CCCCCCCC(=O)ON1C(=O)CCC1=O. The zero-order valence-electron chi connectivity index (χ0n) is 13.8. The van der Waals surface area contributed by atoms with Crippen molar-refractivity contribution < 1.29 is 28.8 Å². The smallest absolute Gasteiger partial charge is 0.333 e. The third-order valence-corrected chi connectivity index (χ3v) is 3.33. The molecule has 0 unspecified atom stereocenters. The molecule has 1 saturated heterocycles. The zero-order chi connectivity index (χ0) is 17.2. The first-order chi connectivity index (χ1) is 10.9. The molecule has 7 heteroatoms. The molecule has 1 rings (SSSR count). The highest BCUT2D eigenvalue weighted by atomic mass is 16.7. The lowest BCUT2D eigenvalue weighted by atomic mass is 10.1. The van der Waals surface area contributed by atoms with Crippen molar-refractivity contribution >= 4 is 23.8 Å². The topological polar surface area (TPSA) is 90.0 Å².